The maximum atomic E-state index is 12.7. The van der Waals surface area contributed by atoms with Gasteiger partial charge < -0.3 is 24.5 Å². The molecule has 0 saturated carbocycles. The van der Waals surface area contributed by atoms with Gasteiger partial charge in [-0.2, -0.15) is 0 Å². The molecule has 1 aliphatic rings. The lowest BCUT2D eigenvalue weighted by molar-refractivity contribution is -0.339. The summed E-state index contributed by atoms with van der Waals surface area (Å²) in [6, 6.07) is 1.11. The molecule has 2 rings (SSSR count). The molecule has 2 heterocycles. The van der Waals surface area contributed by atoms with E-state index in [4.69, 9.17) is 9.16 Å². The van der Waals surface area contributed by atoms with Crippen LogP contribution in [-0.4, -0.2) is 57.8 Å². The minimum absolute atomic E-state index is 0.618. The van der Waals surface area contributed by atoms with Crippen molar-refractivity contribution in [3.63, 3.8) is 0 Å². The Morgan fingerprint density at radius 2 is 1.79 bits per heavy atom. The van der Waals surface area contributed by atoms with Gasteiger partial charge in [-0.15, -0.1) is 0 Å². The topological polar surface area (TPSA) is 134 Å². The summed E-state index contributed by atoms with van der Waals surface area (Å²) < 4.78 is 13.2. The van der Waals surface area contributed by atoms with Gasteiger partial charge in [-0.1, -0.05) is 41.5 Å². The predicted octanol–water partition coefficient (Wildman–Crippen LogP) is 0.0908. The number of nitrogens with one attached hydrogen (secondary N) is 1. The second-order valence-electron chi connectivity index (χ2n) is 10.1. The van der Waals surface area contributed by atoms with Crippen LogP contribution >= 0.6 is 0 Å². The molecular formula is C19H34N2O7Si. The first-order valence-corrected chi connectivity index (χ1v) is 12.5. The molecule has 1 saturated heterocycles. The van der Waals surface area contributed by atoms with E-state index in [1.807, 2.05) is 13.1 Å². The fraction of sp³-hybridized carbons (Fsp3) is 0.789. The number of ether oxygens (including phenoxy) is 1. The van der Waals surface area contributed by atoms with Gasteiger partial charge in [0.2, 0.25) is 0 Å². The Hall–Kier alpha value is -1.30. The summed E-state index contributed by atoms with van der Waals surface area (Å²) in [5.74, 6) is -2.14. The summed E-state index contributed by atoms with van der Waals surface area (Å²) in [6.07, 6.45) is -2.83. The van der Waals surface area contributed by atoms with Crippen molar-refractivity contribution in [2.45, 2.75) is 84.5 Å². The third-order valence-electron chi connectivity index (χ3n) is 5.40. The van der Waals surface area contributed by atoms with Gasteiger partial charge in [0.1, 0.15) is 12.2 Å². The van der Waals surface area contributed by atoms with Gasteiger partial charge in [0.05, 0.1) is 6.10 Å². The van der Waals surface area contributed by atoms with Crippen molar-refractivity contribution in [1.29, 1.82) is 0 Å². The van der Waals surface area contributed by atoms with Crippen molar-refractivity contribution in [1.82, 2.24) is 9.55 Å². The lowest BCUT2D eigenvalue weighted by Crippen LogP contribution is -2.68. The zero-order chi connectivity index (χ0) is 22.6. The first-order chi connectivity index (χ1) is 13.0. The molecule has 1 aromatic heterocycles. The van der Waals surface area contributed by atoms with Gasteiger partial charge in [-0.3, -0.25) is 9.78 Å². The Balaban J connectivity index is 2.87. The summed E-state index contributed by atoms with van der Waals surface area (Å²) in [4.78, 5) is 26.5. The molecule has 5 atom stereocenters. The summed E-state index contributed by atoms with van der Waals surface area (Å²) in [7, 11) is -2.00. The molecule has 0 bridgehead atoms. The second-order valence-corrected chi connectivity index (χ2v) is 12.4. The van der Waals surface area contributed by atoms with E-state index in [1.165, 1.54) is 6.20 Å². The fourth-order valence-corrected chi connectivity index (χ4v) is 4.78. The van der Waals surface area contributed by atoms with Crippen molar-refractivity contribution in [2.75, 3.05) is 0 Å². The zero-order valence-electron chi connectivity index (χ0n) is 18.4. The zero-order valence-corrected chi connectivity index (χ0v) is 19.5. The van der Waals surface area contributed by atoms with Crippen molar-refractivity contribution in [3.8, 4) is 0 Å². The van der Waals surface area contributed by atoms with E-state index in [2.05, 4.69) is 4.98 Å². The largest absolute Gasteiger partial charge is 0.390 e. The third kappa shape index (κ3) is 3.77. The van der Waals surface area contributed by atoms with Crippen LogP contribution < -0.4 is 11.2 Å². The maximum absolute atomic E-state index is 12.7. The summed E-state index contributed by atoms with van der Waals surface area (Å²) in [6.45, 7) is 14.0. The van der Waals surface area contributed by atoms with Crippen LogP contribution in [0.1, 0.15) is 41.5 Å². The Morgan fingerprint density at radius 3 is 2.21 bits per heavy atom. The smallest absolute Gasteiger partial charge is 0.332 e. The molecule has 29 heavy (non-hydrogen) atoms. The first kappa shape index (κ1) is 24.0. The van der Waals surface area contributed by atoms with Gasteiger partial charge in [-0.25, -0.2) is 9.36 Å². The average molecular weight is 431 g/mol. The molecule has 1 fully saturated rings. The Kier molecular flexibility index (Phi) is 6.14. The van der Waals surface area contributed by atoms with Crippen molar-refractivity contribution >= 4 is 9.04 Å². The number of H-pyrrole nitrogens is 1. The number of hydrogen-bond donors (Lipinski definition) is 4. The third-order valence-corrected chi connectivity index (χ3v) is 6.19. The minimum Gasteiger partial charge on any atom is -0.390 e. The minimum atomic E-state index is -2.14. The number of aromatic nitrogens is 2. The lowest BCUT2D eigenvalue weighted by atomic mass is 9.69. The van der Waals surface area contributed by atoms with Crippen LogP contribution in [0.25, 0.3) is 0 Å². The number of rotatable bonds is 4. The number of aliphatic hydroxyl groups is 3. The average Bonchev–Trinajstić information content (AvgIpc) is 2.75. The monoisotopic (exact) mass is 430 g/mol. The molecule has 0 radical (unpaired) electrons. The first-order valence-electron chi connectivity index (χ1n) is 9.75. The van der Waals surface area contributed by atoms with Crippen molar-refractivity contribution in [3.05, 3.63) is 33.1 Å². The van der Waals surface area contributed by atoms with Crippen LogP contribution in [0, 0.1) is 10.8 Å². The van der Waals surface area contributed by atoms with Crippen LogP contribution in [0.5, 0.6) is 0 Å². The van der Waals surface area contributed by atoms with Crippen LogP contribution in [0.2, 0.25) is 13.1 Å². The number of aliphatic hydroxyl groups excluding tert-OH is 2. The molecule has 0 aliphatic carbocycles. The highest BCUT2D eigenvalue weighted by Gasteiger charge is 2.74. The summed E-state index contributed by atoms with van der Waals surface area (Å²) in [5, 5.41) is 34.1. The molecule has 1 aromatic rings. The van der Waals surface area contributed by atoms with E-state index in [9.17, 15) is 24.9 Å². The number of hydrogen-bond acceptors (Lipinski definition) is 7. The summed E-state index contributed by atoms with van der Waals surface area (Å²) >= 11 is 0. The highest BCUT2D eigenvalue weighted by Crippen LogP contribution is 2.54. The van der Waals surface area contributed by atoms with Crippen molar-refractivity contribution in [2.24, 2.45) is 10.8 Å². The highest BCUT2D eigenvalue weighted by molar-refractivity contribution is 6.48. The van der Waals surface area contributed by atoms with E-state index in [1.54, 1.807) is 41.5 Å². The quantitative estimate of drug-likeness (QED) is 0.497. The second kappa shape index (κ2) is 7.43. The number of aromatic amines is 1. The van der Waals surface area contributed by atoms with E-state index < -0.39 is 60.9 Å². The van der Waals surface area contributed by atoms with Crippen molar-refractivity contribution < 1.29 is 24.5 Å². The van der Waals surface area contributed by atoms with Gasteiger partial charge >= 0.3 is 5.69 Å². The van der Waals surface area contributed by atoms with Gasteiger partial charge in [0.15, 0.2) is 14.6 Å². The molecule has 10 heteroatoms. The molecule has 4 N–H and O–H groups in total. The molecule has 1 unspecified atom stereocenters. The van der Waals surface area contributed by atoms with E-state index in [-0.39, 0.29) is 0 Å². The van der Waals surface area contributed by atoms with Crippen LogP contribution in [0.15, 0.2) is 21.9 Å². The summed E-state index contributed by atoms with van der Waals surface area (Å²) in [5.41, 5.74) is -5.33. The Labute approximate surface area is 172 Å². The predicted molar refractivity (Wildman–Crippen MR) is 110 cm³/mol. The van der Waals surface area contributed by atoms with Crippen LogP contribution in [-0.2, 0) is 15.1 Å². The SMILES string of the molecule is C[SiH](C)O[C@@]1(n2ccc(=O)[nH]c2=O)O[C@H](C(O)C(C)(C)C)[C@@H](O)[C@]1(O)C(C)(C)C. The van der Waals surface area contributed by atoms with E-state index in [0.29, 0.717) is 0 Å². The molecule has 166 valence electrons. The fourth-order valence-electron chi connectivity index (χ4n) is 3.79. The molecule has 0 spiro atoms. The maximum Gasteiger partial charge on any atom is 0.332 e. The van der Waals surface area contributed by atoms with Crippen LogP contribution in [0.3, 0.4) is 0 Å². The Bertz CT molecular complexity index is 854. The molecule has 0 amide bonds. The molecule has 9 nitrogen and oxygen atoms in total. The lowest BCUT2D eigenvalue weighted by Gasteiger charge is -2.49. The standard InChI is InChI=1S/C19H34N2O7Si/c1-16(2,3)13(23)12-14(24)18(26,17(4,5)6)19(27-12,28-29(7)8)21-10-9-11(22)20-15(21)25/h9-10,12-14,23-24,26,29H,1-8H3,(H,20,22,25)/t12-,13?,14-,18+,19+/m1/s1. The van der Waals surface area contributed by atoms with E-state index in [0.717, 1.165) is 10.6 Å². The Morgan fingerprint density at radius 1 is 1.24 bits per heavy atom. The van der Waals surface area contributed by atoms with Crippen LogP contribution in [0.4, 0.5) is 0 Å². The highest BCUT2D eigenvalue weighted by atomic mass is 28.3. The molecular weight excluding hydrogens is 396 g/mol. The normalized spacial score (nSPS) is 32.0. The van der Waals surface area contributed by atoms with Gasteiger partial charge in [-0.05, 0) is 18.5 Å². The van der Waals surface area contributed by atoms with E-state index >= 15 is 0 Å². The molecule has 0 aromatic carbocycles. The number of nitrogens with zero attached hydrogens (tertiary/aromatic N) is 1. The van der Waals surface area contributed by atoms with Gasteiger partial charge in [0, 0.05) is 17.7 Å². The van der Waals surface area contributed by atoms with Gasteiger partial charge in [0.25, 0.3) is 11.5 Å². The molecule has 1 aliphatic heterocycles.